The van der Waals surface area contributed by atoms with Crippen molar-refractivity contribution >= 4 is 11.8 Å². The molecule has 15 heavy (non-hydrogen) atoms. The van der Waals surface area contributed by atoms with Crippen LogP contribution in [-0.2, 0) is 7.05 Å². The van der Waals surface area contributed by atoms with E-state index < -0.39 is 5.97 Å². The van der Waals surface area contributed by atoms with E-state index in [1.54, 1.807) is 19.2 Å². The number of carboxylic acids is 1. The van der Waals surface area contributed by atoms with Crippen LogP contribution in [0.2, 0.25) is 0 Å². The van der Waals surface area contributed by atoms with Gasteiger partial charge in [-0.2, -0.15) is 5.10 Å². The Morgan fingerprint density at radius 1 is 1.67 bits per heavy atom. The predicted molar refractivity (Wildman–Crippen MR) is 52.3 cm³/mol. The van der Waals surface area contributed by atoms with Gasteiger partial charge in [-0.05, 0) is 12.1 Å². The molecule has 0 aromatic carbocycles. The molecule has 0 saturated carbocycles. The fraction of sp³-hybridized carbons (Fsp3) is 0.111. The van der Waals surface area contributed by atoms with E-state index in [1.807, 2.05) is 0 Å². The highest BCUT2D eigenvalue weighted by Crippen LogP contribution is 2.26. The number of nitrogen functional groups attached to an aromatic ring is 1. The van der Waals surface area contributed by atoms with Crippen LogP contribution in [0.1, 0.15) is 10.4 Å². The molecule has 0 atom stereocenters. The maximum absolute atomic E-state index is 11.0. The lowest BCUT2D eigenvalue weighted by Gasteiger charge is -1.94. The number of aromatic nitrogens is 2. The zero-order chi connectivity index (χ0) is 11.0. The van der Waals surface area contributed by atoms with E-state index in [9.17, 15) is 4.79 Å². The number of anilines is 1. The lowest BCUT2D eigenvalue weighted by Crippen LogP contribution is -2.03. The normalized spacial score (nSPS) is 10.5. The summed E-state index contributed by atoms with van der Waals surface area (Å²) in [6.07, 6.45) is 1.45. The molecule has 3 N–H and O–H groups in total. The van der Waals surface area contributed by atoms with Gasteiger partial charge in [-0.3, -0.25) is 4.68 Å². The van der Waals surface area contributed by atoms with Crippen LogP contribution in [0.5, 0.6) is 0 Å². The van der Waals surface area contributed by atoms with Crippen molar-refractivity contribution in [2.45, 2.75) is 0 Å². The van der Waals surface area contributed by atoms with E-state index in [0.29, 0.717) is 5.76 Å². The molecular formula is C9H9N3O3. The number of rotatable bonds is 2. The molecule has 0 aliphatic carbocycles. The monoisotopic (exact) mass is 207 g/mol. The van der Waals surface area contributed by atoms with E-state index >= 15 is 0 Å². The maximum Gasteiger partial charge on any atom is 0.341 e. The highest BCUT2D eigenvalue weighted by Gasteiger charge is 2.22. The third-order valence-corrected chi connectivity index (χ3v) is 2.06. The smallest absolute Gasteiger partial charge is 0.341 e. The fourth-order valence-electron chi connectivity index (χ4n) is 1.33. The summed E-state index contributed by atoms with van der Waals surface area (Å²) < 4.78 is 6.39. The second-order valence-electron chi connectivity index (χ2n) is 3.01. The minimum absolute atomic E-state index is 0.0348. The first-order valence-electron chi connectivity index (χ1n) is 4.21. The van der Waals surface area contributed by atoms with E-state index in [2.05, 4.69) is 5.10 Å². The zero-order valence-corrected chi connectivity index (χ0v) is 7.97. The average Bonchev–Trinajstić information content (AvgIpc) is 2.75. The number of hydrogen-bond donors (Lipinski definition) is 2. The largest absolute Gasteiger partial charge is 0.477 e. The molecule has 0 aliphatic rings. The van der Waals surface area contributed by atoms with Gasteiger partial charge in [-0.25, -0.2) is 4.79 Å². The van der Waals surface area contributed by atoms with Crippen LogP contribution in [0.25, 0.3) is 11.5 Å². The van der Waals surface area contributed by atoms with Crippen molar-refractivity contribution in [3.63, 3.8) is 0 Å². The predicted octanol–water partition coefficient (Wildman–Crippen LogP) is 0.960. The van der Waals surface area contributed by atoms with Crippen molar-refractivity contribution in [1.29, 1.82) is 0 Å². The number of aryl methyl sites for hydroxylation is 1. The Morgan fingerprint density at radius 2 is 2.40 bits per heavy atom. The summed E-state index contributed by atoms with van der Waals surface area (Å²) in [4.78, 5) is 11.0. The third-order valence-electron chi connectivity index (χ3n) is 2.06. The number of aromatic carboxylic acids is 1. The van der Waals surface area contributed by atoms with Gasteiger partial charge in [0.15, 0.2) is 5.76 Å². The van der Waals surface area contributed by atoms with E-state index in [-0.39, 0.29) is 17.1 Å². The summed E-state index contributed by atoms with van der Waals surface area (Å²) in [5.41, 5.74) is 5.80. The van der Waals surface area contributed by atoms with Crippen molar-refractivity contribution in [3.05, 3.63) is 24.0 Å². The molecule has 0 bridgehead atoms. The molecule has 2 aromatic rings. The summed E-state index contributed by atoms with van der Waals surface area (Å²) in [5, 5.41) is 13.0. The first-order valence-corrected chi connectivity index (χ1v) is 4.21. The van der Waals surface area contributed by atoms with Gasteiger partial charge in [0, 0.05) is 7.05 Å². The van der Waals surface area contributed by atoms with E-state index in [1.165, 1.54) is 10.9 Å². The first kappa shape index (κ1) is 9.32. The van der Waals surface area contributed by atoms with Gasteiger partial charge in [-0.15, -0.1) is 0 Å². The maximum atomic E-state index is 11.0. The molecule has 6 nitrogen and oxygen atoms in total. The van der Waals surface area contributed by atoms with Gasteiger partial charge >= 0.3 is 5.97 Å². The Balaban J connectivity index is 2.67. The Kier molecular flexibility index (Phi) is 1.96. The molecular weight excluding hydrogens is 198 g/mol. The lowest BCUT2D eigenvalue weighted by molar-refractivity contribution is 0.0698. The number of nitrogens with two attached hydrogens (primary N) is 1. The number of hydrogen-bond acceptors (Lipinski definition) is 4. The molecule has 0 aliphatic heterocycles. The molecule has 0 fully saturated rings. The number of carbonyl (C=O) groups is 1. The summed E-state index contributed by atoms with van der Waals surface area (Å²) in [7, 11) is 1.58. The van der Waals surface area contributed by atoms with Crippen LogP contribution < -0.4 is 5.73 Å². The topological polar surface area (TPSA) is 94.3 Å². The second-order valence-corrected chi connectivity index (χ2v) is 3.01. The average molecular weight is 207 g/mol. The Bertz CT molecular complexity index is 499. The summed E-state index contributed by atoms with van der Waals surface area (Å²) >= 11 is 0. The SMILES string of the molecule is Cn1nc(-c2ccco2)c(C(=O)O)c1N. The van der Waals surface area contributed by atoms with Crippen molar-refractivity contribution in [2.24, 2.45) is 7.05 Å². The number of carboxylic acid groups (broad SMARTS) is 1. The molecule has 0 amide bonds. The highest BCUT2D eigenvalue weighted by atomic mass is 16.4. The Hall–Kier alpha value is -2.24. The zero-order valence-electron chi connectivity index (χ0n) is 7.97. The minimum atomic E-state index is -1.12. The van der Waals surface area contributed by atoms with Crippen molar-refractivity contribution < 1.29 is 14.3 Å². The van der Waals surface area contributed by atoms with Crippen LogP contribution in [-0.4, -0.2) is 20.9 Å². The van der Waals surface area contributed by atoms with Crippen LogP contribution in [0, 0.1) is 0 Å². The van der Waals surface area contributed by atoms with Crippen LogP contribution >= 0.6 is 0 Å². The Labute approximate surface area is 84.9 Å². The van der Waals surface area contributed by atoms with Crippen LogP contribution in [0.15, 0.2) is 22.8 Å². The van der Waals surface area contributed by atoms with Gasteiger partial charge in [-0.1, -0.05) is 0 Å². The first-order chi connectivity index (χ1) is 7.11. The summed E-state index contributed by atoms with van der Waals surface area (Å²) in [6, 6.07) is 3.29. The number of nitrogens with zero attached hydrogens (tertiary/aromatic N) is 2. The van der Waals surface area contributed by atoms with Crippen molar-refractivity contribution in [2.75, 3.05) is 5.73 Å². The summed E-state index contributed by atoms with van der Waals surface area (Å²) in [5.74, 6) is -0.624. The lowest BCUT2D eigenvalue weighted by atomic mass is 10.2. The van der Waals surface area contributed by atoms with Crippen molar-refractivity contribution in [1.82, 2.24) is 9.78 Å². The van der Waals surface area contributed by atoms with Crippen LogP contribution in [0.3, 0.4) is 0 Å². The Morgan fingerprint density at radius 3 is 2.93 bits per heavy atom. The number of furan rings is 1. The van der Waals surface area contributed by atoms with Gasteiger partial charge in [0.2, 0.25) is 0 Å². The standard InChI is InChI=1S/C9H9N3O3/c1-12-8(10)6(9(13)14)7(11-12)5-3-2-4-15-5/h2-4H,10H2,1H3,(H,13,14). The third kappa shape index (κ3) is 1.35. The van der Waals surface area contributed by atoms with Gasteiger partial charge in [0.1, 0.15) is 17.1 Å². The molecule has 0 unspecified atom stereocenters. The molecule has 2 rings (SSSR count). The second kappa shape index (κ2) is 3.16. The van der Waals surface area contributed by atoms with Gasteiger partial charge in [0.25, 0.3) is 0 Å². The minimum Gasteiger partial charge on any atom is -0.477 e. The van der Waals surface area contributed by atoms with Crippen LogP contribution in [0.4, 0.5) is 5.82 Å². The van der Waals surface area contributed by atoms with Gasteiger partial charge in [0.05, 0.1) is 6.26 Å². The summed E-state index contributed by atoms with van der Waals surface area (Å²) in [6.45, 7) is 0. The van der Waals surface area contributed by atoms with Gasteiger partial charge < -0.3 is 15.3 Å². The molecule has 2 aromatic heterocycles. The van der Waals surface area contributed by atoms with E-state index in [0.717, 1.165) is 0 Å². The highest BCUT2D eigenvalue weighted by molar-refractivity contribution is 5.99. The molecule has 0 saturated heterocycles. The quantitative estimate of drug-likeness (QED) is 0.764. The fourth-order valence-corrected chi connectivity index (χ4v) is 1.33. The molecule has 0 radical (unpaired) electrons. The molecule has 2 heterocycles. The molecule has 6 heteroatoms. The molecule has 0 spiro atoms. The molecule has 78 valence electrons. The van der Waals surface area contributed by atoms with E-state index in [4.69, 9.17) is 15.3 Å². The van der Waals surface area contributed by atoms with Crippen molar-refractivity contribution in [3.8, 4) is 11.5 Å².